The van der Waals surface area contributed by atoms with E-state index < -0.39 is 0 Å². The minimum Gasteiger partial charge on any atom is -0.490 e. The smallest absolute Gasteiger partial charge is 0.243 e. The summed E-state index contributed by atoms with van der Waals surface area (Å²) >= 11 is 6.32. The SMILES string of the molecule is O=C(CN1CCCc2ccccc21)Nc1cc2c(cc1Cl)OCCCO2. The van der Waals surface area contributed by atoms with Gasteiger partial charge in [0, 0.05) is 30.8 Å². The summed E-state index contributed by atoms with van der Waals surface area (Å²) in [7, 11) is 0. The fraction of sp³-hybridized carbons (Fsp3) is 0.350. The van der Waals surface area contributed by atoms with E-state index in [2.05, 4.69) is 22.3 Å². The summed E-state index contributed by atoms with van der Waals surface area (Å²) in [6.45, 7) is 2.36. The highest BCUT2D eigenvalue weighted by Gasteiger charge is 2.20. The van der Waals surface area contributed by atoms with E-state index in [1.807, 2.05) is 12.1 Å². The van der Waals surface area contributed by atoms with E-state index in [-0.39, 0.29) is 5.91 Å². The molecule has 1 amide bonds. The van der Waals surface area contributed by atoms with Gasteiger partial charge in [0.15, 0.2) is 11.5 Å². The second kappa shape index (κ2) is 7.46. The number of para-hydroxylation sites is 1. The van der Waals surface area contributed by atoms with Crippen LogP contribution in [-0.2, 0) is 11.2 Å². The fourth-order valence-corrected chi connectivity index (χ4v) is 3.62. The molecule has 2 aliphatic rings. The zero-order valence-electron chi connectivity index (χ0n) is 14.5. The van der Waals surface area contributed by atoms with Crippen LogP contribution in [0.5, 0.6) is 11.5 Å². The average Bonchev–Trinajstić information content (AvgIpc) is 2.87. The molecule has 2 aromatic carbocycles. The number of amides is 1. The van der Waals surface area contributed by atoms with Gasteiger partial charge >= 0.3 is 0 Å². The summed E-state index contributed by atoms with van der Waals surface area (Å²) in [5.41, 5.74) is 2.98. The predicted octanol–water partition coefficient (Wildman–Crippen LogP) is 3.89. The molecular formula is C20H21ClN2O3. The van der Waals surface area contributed by atoms with Gasteiger partial charge in [-0.05, 0) is 24.5 Å². The van der Waals surface area contributed by atoms with Crippen molar-refractivity contribution in [3.63, 3.8) is 0 Å². The molecule has 2 aromatic rings. The standard InChI is InChI=1S/C20H21ClN2O3/c21-15-11-18-19(26-10-4-9-25-18)12-16(15)22-20(24)13-23-8-3-6-14-5-1-2-7-17(14)23/h1-2,5,7,11-12H,3-4,6,8-10,13H2,(H,22,24). The lowest BCUT2D eigenvalue weighted by atomic mass is 10.0. The lowest BCUT2D eigenvalue weighted by Crippen LogP contribution is -2.36. The van der Waals surface area contributed by atoms with E-state index in [0.29, 0.717) is 42.0 Å². The summed E-state index contributed by atoms with van der Waals surface area (Å²) in [4.78, 5) is 14.7. The Bertz CT molecular complexity index is 825. The van der Waals surface area contributed by atoms with Gasteiger partial charge in [0.2, 0.25) is 5.91 Å². The van der Waals surface area contributed by atoms with E-state index in [4.69, 9.17) is 21.1 Å². The van der Waals surface area contributed by atoms with Crippen LogP contribution in [0.1, 0.15) is 18.4 Å². The quantitative estimate of drug-likeness (QED) is 0.888. The van der Waals surface area contributed by atoms with Gasteiger partial charge in [0.25, 0.3) is 0 Å². The monoisotopic (exact) mass is 372 g/mol. The zero-order valence-corrected chi connectivity index (χ0v) is 15.2. The Morgan fingerprint density at radius 3 is 2.73 bits per heavy atom. The van der Waals surface area contributed by atoms with Crippen molar-refractivity contribution in [1.29, 1.82) is 0 Å². The van der Waals surface area contributed by atoms with Crippen LogP contribution in [-0.4, -0.2) is 32.2 Å². The first-order chi connectivity index (χ1) is 12.7. The van der Waals surface area contributed by atoms with Crippen LogP contribution in [0, 0.1) is 0 Å². The third-order valence-electron chi connectivity index (χ3n) is 4.65. The number of nitrogens with one attached hydrogen (secondary N) is 1. The van der Waals surface area contributed by atoms with Crippen molar-refractivity contribution in [2.24, 2.45) is 0 Å². The summed E-state index contributed by atoms with van der Waals surface area (Å²) < 4.78 is 11.3. The molecule has 0 radical (unpaired) electrons. The normalized spacial score (nSPS) is 15.8. The van der Waals surface area contributed by atoms with Gasteiger partial charge in [0.05, 0.1) is 30.5 Å². The molecule has 0 aromatic heterocycles. The van der Waals surface area contributed by atoms with E-state index in [0.717, 1.165) is 31.5 Å². The number of nitrogens with zero attached hydrogens (tertiary/aromatic N) is 1. The molecule has 26 heavy (non-hydrogen) atoms. The van der Waals surface area contributed by atoms with Crippen molar-refractivity contribution < 1.29 is 14.3 Å². The zero-order chi connectivity index (χ0) is 17.9. The molecule has 0 fully saturated rings. The third kappa shape index (κ3) is 3.58. The predicted molar refractivity (Wildman–Crippen MR) is 103 cm³/mol. The topological polar surface area (TPSA) is 50.8 Å². The van der Waals surface area contributed by atoms with Crippen LogP contribution >= 0.6 is 11.6 Å². The van der Waals surface area contributed by atoms with E-state index in [1.165, 1.54) is 5.56 Å². The van der Waals surface area contributed by atoms with Gasteiger partial charge in [-0.1, -0.05) is 29.8 Å². The second-order valence-electron chi connectivity index (χ2n) is 6.53. The minimum absolute atomic E-state index is 0.0990. The van der Waals surface area contributed by atoms with Crippen molar-refractivity contribution in [1.82, 2.24) is 0 Å². The van der Waals surface area contributed by atoms with Crippen LogP contribution < -0.4 is 19.7 Å². The minimum atomic E-state index is -0.0990. The average molecular weight is 373 g/mol. The summed E-state index contributed by atoms with van der Waals surface area (Å²) in [6.07, 6.45) is 2.93. The van der Waals surface area contributed by atoms with Crippen molar-refractivity contribution in [3.8, 4) is 11.5 Å². The Morgan fingerprint density at radius 2 is 1.88 bits per heavy atom. The van der Waals surface area contributed by atoms with Gasteiger partial charge in [-0.2, -0.15) is 0 Å². The van der Waals surface area contributed by atoms with Crippen molar-refractivity contribution in [2.75, 3.05) is 36.5 Å². The molecule has 0 bridgehead atoms. The number of aryl methyl sites for hydroxylation is 1. The largest absolute Gasteiger partial charge is 0.490 e. The number of carbonyl (C=O) groups excluding carboxylic acids is 1. The van der Waals surface area contributed by atoms with E-state index in [1.54, 1.807) is 12.1 Å². The van der Waals surface area contributed by atoms with Crippen molar-refractivity contribution >= 4 is 28.9 Å². The maximum Gasteiger partial charge on any atom is 0.243 e. The Morgan fingerprint density at radius 1 is 1.12 bits per heavy atom. The number of halogens is 1. The number of carbonyl (C=O) groups is 1. The molecule has 0 saturated heterocycles. The molecule has 4 rings (SSSR count). The maximum absolute atomic E-state index is 12.6. The summed E-state index contributed by atoms with van der Waals surface area (Å²) in [5, 5.41) is 3.36. The third-order valence-corrected chi connectivity index (χ3v) is 4.96. The van der Waals surface area contributed by atoms with Gasteiger partial charge < -0.3 is 19.7 Å². The number of fused-ring (bicyclic) bond motifs is 2. The van der Waals surface area contributed by atoms with Crippen molar-refractivity contribution in [2.45, 2.75) is 19.3 Å². The highest BCUT2D eigenvalue weighted by molar-refractivity contribution is 6.34. The molecule has 0 atom stereocenters. The molecule has 1 N–H and O–H groups in total. The molecule has 6 heteroatoms. The van der Waals surface area contributed by atoms with Gasteiger partial charge in [-0.3, -0.25) is 4.79 Å². The summed E-state index contributed by atoms with van der Waals surface area (Å²) in [6, 6.07) is 11.7. The Hall–Kier alpha value is -2.40. The number of benzene rings is 2. The molecule has 5 nitrogen and oxygen atoms in total. The molecule has 0 saturated carbocycles. The van der Waals surface area contributed by atoms with Crippen molar-refractivity contribution in [3.05, 3.63) is 47.0 Å². The molecule has 2 aliphatic heterocycles. The molecule has 0 aliphatic carbocycles. The molecule has 0 spiro atoms. The first-order valence-electron chi connectivity index (χ1n) is 8.92. The van der Waals surface area contributed by atoms with Gasteiger partial charge in [0.1, 0.15) is 0 Å². The molecular weight excluding hydrogens is 352 g/mol. The number of hydrogen-bond donors (Lipinski definition) is 1. The lowest BCUT2D eigenvalue weighted by molar-refractivity contribution is -0.115. The first-order valence-corrected chi connectivity index (χ1v) is 9.30. The van der Waals surface area contributed by atoms with E-state index in [9.17, 15) is 4.79 Å². The fourth-order valence-electron chi connectivity index (χ4n) is 3.42. The second-order valence-corrected chi connectivity index (χ2v) is 6.94. The summed E-state index contributed by atoms with van der Waals surface area (Å²) in [5.74, 6) is 1.14. The highest BCUT2D eigenvalue weighted by Crippen LogP contribution is 2.37. The molecule has 2 heterocycles. The Balaban J connectivity index is 1.48. The molecule has 0 unspecified atom stereocenters. The van der Waals surface area contributed by atoms with Crippen LogP contribution in [0.15, 0.2) is 36.4 Å². The Labute approximate surface area is 157 Å². The molecule has 136 valence electrons. The number of hydrogen-bond acceptors (Lipinski definition) is 4. The lowest BCUT2D eigenvalue weighted by Gasteiger charge is -2.30. The van der Waals surface area contributed by atoms with Crippen LogP contribution in [0.4, 0.5) is 11.4 Å². The first kappa shape index (κ1) is 17.0. The Kier molecular flexibility index (Phi) is 4.89. The number of anilines is 2. The van der Waals surface area contributed by atoms with Gasteiger partial charge in [-0.15, -0.1) is 0 Å². The van der Waals surface area contributed by atoms with Crippen LogP contribution in [0.25, 0.3) is 0 Å². The van der Waals surface area contributed by atoms with Gasteiger partial charge in [-0.25, -0.2) is 0 Å². The highest BCUT2D eigenvalue weighted by atomic mass is 35.5. The van der Waals surface area contributed by atoms with E-state index >= 15 is 0 Å². The maximum atomic E-state index is 12.6. The van der Waals surface area contributed by atoms with Crippen LogP contribution in [0.3, 0.4) is 0 Å². The number of rotatable bonds is 3. The number of ether oxygens (including phenoxy) is 2. The van der Waals surface area contributed by atoms with Crippen LogP contribution in [0.2, 0.25) is 5.02 Å².